The van der Waals surface area contributed by atoms with E-state index in [0.717, 1.165) is 18.8 Å². The van der Waals surface area contributed by atoms with Crippen molar-refractivity contribution in [1.82, 2.24) is 0 Å². The van der Waals surface area contributed by atoms with Gasteiger partial charge in [-0.1, -0.05) is 0 Å². The van der Waals surface area contributed by atoms with Gasteiger partial charge >= 0.3 is 0 Å². The van der Waals surface area contributed by atoms with Gasteiger partial charge in [-0.15, -0.1) is 0 Å². The van der Waals surface area contributed by atoms with Crippen molar-refractivity contribution in [2.24, 2.45) is 0 Å². The Kier molecular flexibility index (Phi) is 1.97. The van der Waals surface area contributed by atoms with Gasteiger partial charge < -0.3 is 15.3 Å². The normalized spacial score (nSPS) is 24.0. The number of anilines is 2. The first-order chi connectivity index (χ1) is 7.34. The fraction of sp³-hybridized carbons (Fsp3) is 0.500. The summed E-state index contributed by atoms with van der Waals surface area (Å²) in [6.45, 7) is 2.17. The zero-order valence-corrected chi connectivity index (χ0v) is 8.74. The summed E-state index contributed by atoms with van der Waals surface area (Å²) in [4.78, 5) is 2.44. The van der Waals surface area contributed by atoms with E-state index < -0.39 is 0 Å². The van der Waals surface area contributed by atoms with E-state index in [9.17, 15) is 5.11 Å². The van der Waals surface area contributed by atoms with E-state index in [1.807, 2.05) is 12.1 Å². The number of nitrogens with zero attached hydrogens (tertiary/aromatic N) is 1. The van der Waals surface area contributed by atoms with E-state index >= 15 is 0 Å². The number of aromatic hydroxyl groups is 1. The molecule has 0 radical (unpaired) electrons. The van der Waals surface area contributed by atoms with Crippen LogP contribution in [0.15, 0.2) is 18.2 Å². The smallest absolute Gasteiger partial charge is 0.117 e. The third-order valence-corrected chi connectivity index (χ3v) is 3.46. The van der Waals surface area contributed by atoms with Crippen molar-refractivity contribution in [2.75, 3.05) is 23.3 Å². The maximum Gasteiger partial charge on any atom is 0.117 e. The minimum absolute atomic E-state index is 0.364. The zero-order chi connectivity index (χ0) is 10.3. The van der Waals surface area contributed by atoms with E-state index in [1.165, 1.54) is 24.9 Å². The Bertz CT molecular complexity index is 378. The second-order valence-corrected chi connectivity index (χ2v) is 4.41. The van der Waals surface area contributed by atoms with Crippen LogP contribution in [-0.4, -0.2) is 24.2 Å². The summed E-state index contributed by atoms with van der Waals surface area (Å²) in [5.41, 5.74) is 2.34. The molecule has 3 rings (SSSR count). The molecular weight excluding hydrogens is 188 g/mol. The second-order valence-electron chi connectivity index (χ2n) is 4.41. The quantitative estimate of drug-likeness (QED) is 0.636. The first kappa shape index (κ1) is 8.89. The standard InChI is InChI=1S/C12H16N2O/c15-10-3-4-11-12(8-10)14-7-1-2-9(14)5-6-13-11/h3-4,8-9,13,15H,1-2,5-7H2. The third-order valence-electron chi connectivity index (χ3n) is 3.46. The Balaban J connectivity index is 2.06. The number of benzene rings is 1. The predicted octanol–water partition coefficient (Wildman–Crippen LogP) is 2.18. The van der Waals surface area contributed by atoms with Gasteiger partial charge in [-0.2, -0.15) is 0 Å². The molecule has 1 unspecified atom stereocenters. The number of rotatable bonds is 0. The summed E-state index contributed by atoms with van der Waals surface area (Å²) in [6.07, 6.45) is 3.77. The minimum atomic E-state index is 0.364. The molecule has 2 aliphatic heterocycles. The highest BCUT2D eigenvalue weighted by Gasteiger charge is 2.28. The number of fused-ring (bicyclic) bond motifs is 3. The molecule has 1 atom stereocenters. The summed E-state index contributed by atoms with van der Waals surface area (Å²) < 4.78 is 0. The molecule has 0 saturated carbocycles. The Morgan fingerprint density at radius 1 is 1.33 bits per heavy atom. The fourth-order valence-corrected chi connectivity index (χ4v) is 2.73. The number of phenolic OH excluding ortho intramolecular Hbond substituents is 1. The molecule has 3 nitrogen and oxygen atoms in total. The van der Waals surface area contributed by atoms with Crippen LogP contribution in [-0.2, 0) is 0 Å². The lowest BCUT2D eigenvalue weighted by molar-refractivity contribution is 0.475. The second kappa shape index (κ2) is 3.33. The van der Waals surface area contributed by atoms with Crippen LogP contribution in [0.25, 0.3) is 0 Å². The average Bonchev–Trinajstić information content (AvgIpc) is 2.62. The van der Waals surface area contributed by atoms with Gasteiger partial charge in [0, 0.05) is 25.2 Å². The van der Waals surface area contributed by atoms with Crippen LogP contribution in [0, 0.1) is 0 Å². The largest absolute Gasteiger partial charge is 0.508 e. The molecular formula is C12H16N2O. The van der Waals surface area contributed by atoms with Gasteiger partial charge in [0.2, 0.25) is 0 Å². The summed E-state index contributed by atoms with van der Waals surface area (Å²) in [5.74, 6) is 0.364. The predicted molar refractivity (Wildman–Crippen MR) is 61.6 cm³/mol. The molecule has 0 spiro atoms. The Labute approximate surface area is 89.7 Å². The van der Waals surface area contributed by atoms with Gasteiger partial charge in [0.25, 0.3) is 0 Å². The topological polar surface area (TPSA) is 35.5 Å². The monoisotopic (exact) mass is 204 g/mol. The fourth-order valence-electron chi connectivity index (χ4n) is 2.73. The van der Waals surface area contributed by atoms with Crippen LogP contribution in [0.1, 0.15) is 19.3 Å². The number of hydrogen-bond acceptors (Lipinski definition) is 3. The van der Waals surface area contributed by atoms with Crippen molar-refractivity contribution in [3.05, 3.63) is 18.2 Å². The molecule has 2 aliphatic rings. The van der Waals surface area contributed by atoms with Crippen molar-refractivity contribution in [3.8, 4) is 5.75 Å². The molecule has 0 amide bonds. The van der Waals surface area contributed by atoms with Gasteiger partial charge in [0.1, 0.15) is 5.75 Å². The summed E-state index contributed by atoms with van der Waals surface area (Å²) in [7, 11) is 0. The van der Waals surface area contributed by atoms with Crippen LogP contribution in [0.3, 0.4) is 0 Å². The highest BCUT2D eigenvalue weighted by Crippen LogP contribution is 2.37. The maximum atomic E-state index is 9.55. The van der Waals surface area contributed by atoms with Crippen LogP contribution in [0.4, 0.5) is 11.4 Å². The van der Waals surface area contributed by atoms with Crippen LogP contribution < -0.4 is 10.2 Å². The molecule has 0 aromatic heterocycles. The Hall–Kier alpha value is -1.38. The molecule has 1 fully saturated rings. The van der Waals surface area contributed by atoms with Crippen molar-refractivity contribution in [3.63, 3.8) is 0 Å². The van der Waals surface area contributed by atoms with Crippen LogP contribution in [0.5, 0.6) is 5.75 Å². The van der Waals surface area contributed by atoms with Crippen LogP contribution >= 0.6 is 0 Å². The highest BCUT2D eigenvalue weighted by atomic mass is 16.3. The Morgan fingerprint density at radius 2 is 2.27 bits per heavy atom. The van der Waals surface area contributed by atoms with E-state index in [1.54, 1.807) is 6.07 Å². The van der Waals surface area contributed by atoms with Crippen molar-refractivity contribution >= 4 is 11.4 Å². The lowest BCUT2D eigenvalue weighted by Crippen LogP contribution is -2.28. The van der Waals surface area contributed by atoms with Gasteiger partial charge in [-0.05, 0) is 31.4 Å². The van der Waals surface area contributed by atoms with Crippen molar-refractivity contribution < 1.29 is 5.11 Å². The molecule has 3 heteroatoms. The van der Waals surface area contributed by atoms with Gasteiger partial charge in [0.05, 0.1) is 11.4 Å². The molecule has 2 N–H and O–H groups in total. The van der Waals surface area contributed by atoms with E-state index in [-0.39, 0.29) is 0 Å². The van der Waals surface area contributed by atoms with Crippen molar-refractivity contribution in [2.45, 2.75) is 25.3 Å². The summed E-state index contributed by atoms with van der Waals surface area (Å²) in [6, 6.07) is 6.28. The first-order valence-corrected chi connectivity index (χ1v) is 5.68. The highest BCUT2D eigenvalue weighted by molar-refractivity contribution is 5.73. The molecule has 1 aromatic rings. The molecule has 1 aromatic carbocycles. The van der Waals surface area contributed by atoms with Gasteiger partial charge in [0.15, 0.2) is 0 Å². The Morgan fingerprint density at radius 3 is 3.20 bits per heavy atom. The average molecular weight is 204 g/mol. The van der Waals surface area contributed by atoms with Gasteiger partial charge in [-0.3, -0.25) is 0 Å². The number of hydrogen-bond donors (Lipinski definition) is 2. The molecule has 1 saturated heterocycles. The first-order valence-electron chi connectivity index (χ1n) is 5.68. The molecule has 0 aliphatic carbocycles. The number of nitrogens with one attached hydrogen (secondary N) is 1. The van der Waals surface area contributed by atoms with E-state index in [0.29, 0.717) is 11.8 Å². The lowest BCUT2D eigenvalue weighted by atomic mass is 10.1. The van der Waals surface area contributed by atoms with Gasteiger partial charge in [-0.25, -0.2) is 0 Å². The molecule has 2 heterocycles. The molecule has 15 heavy (non-hydrogen) atoms. The summed E-state index contributed by atoms with van der Waals surface area (Å²) in [5, 5.41) is 13.0. The lowest BCUT2D eigenvalue weighted by Gasteiger charge is -2.25. The SMILES string of the molecule is Oc1ccc2c(c1)N1CCCC1CCN2. The van der Waals surface area contributed by atoms with Crippen LogP contribution in [0.2, 0.25) is 0 Å². The third kappa shape index (κ3) is 1.42. The summed E-state index contributed by atoms with van der Waals surface area (Å²) >= 11 is 0. The zero-order valence-electron chi connectivity index (χ0n) is 8.74. The molecule has 80 valence electrons. The van der Waals surface area contributed by atoms with E-state index in [2.05, 4.69) is 10.2 Å². The molecule has 0 bridgehead atoms. The number of phenols is 1. The van der Waals surface area contributed by atoms with E-state index in [4.69, 9.17) is 0 Å². The minimum Gasteiger partial charge on any atom is -0.508 e. The maximum absolute atomic E-state index is 9.55. The van der Waals surface area contributed by atoms with Crippen molar-refractivity contribution in [1.29, 1.82) is 0 Å².